The zero-order chi connectivity index (χ0) is 15.6. The van der Waals surface area contributed by atoms with Gasteiger partial charge in [-0.15, -0.1) is 15.3 Å². The molecule has 114 valence electrons. The Labute approximate surface area is 119 Å². The van der Waals surface area contributed by atoms with Crippen LogP contribution in [0.3, 0.4) is 0 Å². The second-order valence-electron chi connectivity index (χ2n) is 5.01. The molecule has 0 aliphatic carbocycles. The molecule has 2 N–H and O–H groups in total. The number of hydrogen-bond donors (Lipinski definition) is 2. The summed E-state index contributed by atoms with van der Waals surface area (Å²) in [4.78, 5) is 11.2. The fraction of sp³-hybridized carbons (Fsp3) is 0.500. The van der Waals surface area contributed by atoms with E-state index in [1.54, 1.807) is 0 Å². The standard InChI is InChI=1S/C12H15F2N5O2/c1-6(2)5-7(12(20)21)15-8-3-4-9-16-17-11(10(13)14)19(9)18-8/h3-4,6-7,10H,5H2,1-2H3,(H,15,18)(H,20,21)/t7-/m1/s1. The number of alkyl halides is 2. The Hall–Kier alpha value is -2.32. The highest BCUT2D eigenvalue weighted by molar-refractivity contribution is 5.76. The van der Waals surface area contributed by atoms with Crippen LogP contribution < -0.4 is 5.32 Å². The average Bonchev–Trinajstić information content (AvgIpc) is 2.80. The van der Waals surface area contributed by atoms with Crippen LogP contribution in [0.1, 0.15) is 32.5 Å². The lowest BCUT2D eigenvalue weighted by atomic mass is 10.0. The van der Waals surface area contributed by atoms with Gasteiger partial charge in [-0.05, 0) is 24.5 Å². The molecular weight excluding hydrogens is 284 g/mol. The largest absolute Gasteiger partial charge is 0.480 e. The van der Waals surface area contributed by atoms with Gasteiger partial charge in [0.2, 0.25) is 5.82 Å². The van der Waals surface area contributed by atoms with E-state index in [-0.39, 0.29) is 17.4 Å². The maximum absolute atomic E-state index is 12.7. The fourth-order valence-corrected chi connectivity index (χ4v) is 1.89. The molecule has 2 aromatic rings. The van der Waals surface area contributed by atoms with Gasteiger partial charge in [0.1, 0.15) is 11.9 Å². The highest BCUT2D eigenvalue weighted by Crippen LogP contribution is 2.18. The summed E-state index contributed by atoms with van der Waals surface area (Å²) in [6.45, 7) is 3.78. The number of nitrogens with zero attached hydrogens (tertiary/aromatic N) is 4. The summed E-state index contributed by atoms with van der Waals surface area (Å²) < 4.78 is 26.4. The van der Waals surface area contributed by atoms with E-state index in [1.165, 1.54) is 12.1 Å². The SMILES string of the molecule is CC(C)C[C@@H](Nc1ccc2nnc(C(F)F)n2n1)C(=O)O. The van der Waals surface area contributed by atoms with Gasteiger partial charge in [-0.1, -0.05) is 13.8 Å². The molecule has 1 atom stereocenters. The molecular formula is C12H15F2N5O2. The normalized spacial score (nSPS) is 13.0. The minimum Gasteiger partial charge on any atom is -0.480 e. The van der Waals surface area contributed by atoms with Crippen molar-refractivity contribution in [3.05, 3.63) is 18.0 Å². The molecule has 0 saturated heterocycles. The molecule has 2 aromatic heterocycles. The van der Waals surface area contributed by atoms with Gasteiger partial charge in [-0.3, -0.25) is 0 Å². The van der Waals surface area contributed by atoms with Crippen molar-refractivity contribution >= 4 is 17.4 Å². The molecule has 0 aliphatic heterocycles. The van der Waals surface area contributed by atoms with Crippen LogP contribution in [0.2, 0.25) is 0 Å². The summed E-state index contributed by atoms with van der Waals surface area (Å²) in [6.07, 6.45) is -2.42. The summed E-state index contributed by atoms with van der Waals surface area (Å²) in [7, 11) is 0. The van der Waals surface area contributed by atoms with Crippen molar-refractivity contribution in [2.75, 3.05) is 5.32 Å². The van der Waals surface area contributed by atoms with Gasteiger partial charge in [-0.2, -0.15) is 4.52 Å². The average molecular weight is 299 g/mol. The summed E-state index contributed by atoms with van der Waals surface area (Å²) in [5, 5.41) is 22.7. The van der Waals surface area contributed by atoms with Crippen molar-refractivity contribution in [3.8, 4) is 0 Å². The van der Waals surface area contributed by atoms with Gasteiger partial charge in [0.25, 0.3) is 6.43 Å². The van der Waals surface area contributed by atoms with Crippen molar-refractivity contribution in [1.82, 2.24) is 19.8 Å². The van der Waals surface area contributed by atoms with E-state index in [2.05, 4.69) is 20.6 Å². The zero-order valence-electron chi connectivity index (χ0n) is 11.5. The van der Waals surface area contributed by atoms with Crippen LogP contribution in [0.4, 0.5) is 14.6 Å². The monoisotopic (exact) mass is 299 g/mol. The van der Waals surface area contributed by atoms with Crippen LogP contribution in [0, 0.1) is 5.92 Å². The number of aliphatic carboxylic acids is 1. The van der Waals surface area contributed by atoms with Gasteiger partial charge in [0.05, 0.1) is 0 Å². The minimum atomic E-state index is -2.81. The van der Waals surface area contributed by atoms with E-state index >= 15 is 0 Å². The number of fused-ring (bicyclic) bond motifs is 1. The smallest absolute Gasteiger partial charge is 0.326 e. The molecule has 0 radical (unpaired) electrons. The molecule has 0 amide bonds. The van der Waals surface area contributed by atoms with E-state index in [9.17, 15) is 13.6 Å². The molecule has 2 heterocycles. The van der Waals surface area contributed by atoms with E-state index in [4.69, 9.17) is 5.11 Å². The number of carboxylic acids is 1. The molecule has 0 bridgehead atoms. The van der Waals surface area contributed by atoms with Crippen LogP contribution in [-0.4, -0.2) is 36.9 Å². The first-order valence-corrected chi connectivity index (χ1v) is 6.38. The van der Waals surface area contributed by atoms with Gasteiger partial charge in [0, 0.05) is 0 Å². The number of rotatable bonds is 6. The quantitative estimate of drug-likeness (QED) is 0.847. The van der Waals surface area contributed by atoms with Gasteiger partial charge in [0.15, 0.2) is 5.65 Å². The molecule has 0 spiro atoms. The summed E-state index contributed by atoms with van der Waals surface area (Å²) in [6, 6.07) is 2.08. The molecule has 0 aliphatic rings. The van der Waals surface area contributed by atoms with E-state index < -0.39 is 24.3 Å². The van der Waals surface area contributed by atoms with Gasteiger partial charge >= 0.3 is 5.97 Å². The molecule has 9 heteroatoms. The number of halogens is 2. The van der Waals surface area contributed by atoms with E-state index in [0.717, 1.165) is 4.52 Å². The molecule has 0 fully saturated rings. The summed E-state index contributed by atoms with van der Waals surface area (Å²) >= 11 is 0. The number of carboxylic acid groups (broad SMARTS) is 1. The van der Waals surface area contributed by atoms with Crippen molar-refractivity contribution in [3.63, 3.8) is 0 Å². The van der Waals surface area contributed by atoms with E-state index in [0.29, 0.717) is 6.42 Å². The molecule has 0 saturated carbocycles. The Kier molecular flexibility index (Phi) is 4.29. The van der Waals surface area contributed by atoms with Crippen LogP contribution in [0.15, 0.2) is 12.1 Å². The second kappa shape index (κ2) is 5.98. The lowest BCUT2D eigenvalue weighted by Gasteiger charge is -2.16. The first-order valence-electron chi connectivity index (χ1n) is 6.38. The first-order chi connectivity index (χ1) is 9.88. The number of nitrogens with one attached hydrogen (secondary N) is 1. The number of aromatic nitrogens is 4. The van der Waals surface area contributed by atoms with Crippen molar-refractivity contribution in [2.24, 2.45) is 5.92 Å². The number of carbonyl (C=O) groups is 1. The maximum atomic E-state index is 12.7. The van der Waals surface area contributed by atoms with Gasteiger partial charge < -0.3 is 10.4 Å². The second-order valence-corrected chi connectivity index (χ2v) is 5.01. The lowest BCUT2D eigenvalue weighted by Crippen LogP contribution is -2.31. The van der Waals surface area contributed by atoms with Crippen LogP contribution in [0.5, 0.6) is 0 Å². The topological polar surface area (TPSA) is 92.4 Å². The summed E-state index contributed by atoms with van der Waals surface area (Å²) in [5.74, 6) is -1.26. The third-order valence-corrected chi connectivity index (χ3v) is 2.81. The Morgan fingerprint density at radius 2 is 2.10 bits per heavy atom. The van der Waals surface area contributed by atoms with Crippen molar-refractivity contribution in [1.29, 1.82) is 0 Å². The van der Waals surface area contributed by atoms with Crippen LogP contribution in [0.25, 0.3) is 5.65 Å². The molecule has 7 nitrogen and oxygen atoms in total. The number of anilines is 1. The Morgan fingerprint density at radius 3 is 2.67 bits per heavy atom. The van der Waals surface area contributed by atoms with Gasteiger partial charge in [-0.25, -0.2) is 13.6 Å². The Morgan fingerprint density at radius 1 is 1.38 bits per heavy atom. The highest BCUT2D eigenvalue weighted by Gasteiger charge is 2.21. The van der Waals surface area contributed by atoms with E-state index in [1.807, 2.05) is 13.8 Å². The van der Waals surface area contributed by atoms with Crippen LogP contribution in [-0.2, 0) is 4.79 Å². The third kappa shape index (κ3) is 3.41. The predicted octanol–water partition coefficient (Wildman–Crippen LogP) is 1.97. The first kappa shape index (κ1) is 15.1. The Balaban J connectivity index is 2.29. The molecule has 0 unspecified atom stereocenters. The number of hydrogen-bond acceptors (Lipinski definition) is 5. The third-order valence-electron chi connectivity index (χ3n) is 2.81. The fourth-order valence-electron chi connectivity index (χ4n) is 1.89. The summed E-state index contributed by atoms with van der Waals surface area (Å²) in [5.41, 5.74) is 0.173. The highest BCUT2D eigenvalue weighted by atomic mass is 19.3. The molecule has 21 heavy (non-hydrogen) atoms. The minimum absolute atomic E-state index is 0.161. The zero-order valence-corrected chi connectivity index (χ0v) is 11.5. The lowest BCUT2D eigenvalue weighted by molar-refractivity contribution is -0.138. The Bertz CT molecular complexity index is 644. The molecule has 0 aromatic carbocycles. The van der Waals surface area contributed by atoms with Crippen LogP contribution >= 0.6 is 0 Å². The maximum Gasteiger partial charge on any atom is 0.326 e. The van der Waals surface area contributed by atoms with Crippen molar-refractivity contribution < 1.29 is 18.7 Å². The van der Waals surface area contributed by atoms with Crippen molar-refractivity contribution in [2.45, 2.75) is 32.7 Å². The molecule has 2 rings (SSSR count). The predicted molar refractivity (Wildman–Crippen MR) is 70.2 cm³/mol.